The van der Waals surface area contributed by atoms with Crippen LogP contribution in [0.25, 0.3) is 16.9 Å². The molecule has 0 aliphatic heterocycles. The van der Waals surface area contributed by atoms with Crippen molar-refractivity contribution in [3.05, 3.63) is 77.2 Å². The molecule has 34 heavy (non-hydrogen) atoms. The first-order chi connectivity index (χ1) is 16.6. The summed E-state index contributed by atoms with van der Waals surface area (Å²) in [6.45, 7) is 1.93. The van der Waals surface area contributed by atoms with E-state index < -0.39 is 0 Å². The maximum Gasteiger partial charge on any atom is 0.252 e. The number of rotatable bonds is 7. The van der Waals surface area contributed by atoms with E-state index in [2.05, 4.69) is 10.3 Å². The Balaban J connectivity index is 1.41. The van der Waals surface area contributed by atoms with E-state index in [0.717, 1.165) is 53.8 Å². The average Bonchev–Trinajstić information content (AvgIpc) is 3.80. The van der Waals surface area contributed by atoms with E-state index in [0.29, 0.717) is 28.9 Å². The van der Waals surface area contributed by atoms with E-state index in [1.54, 1.807) is 18.0 Å². The first-order valence-corrected chi connectivity index (χ1v) is 11.9. The van der Waals surface area contributed by atoms with Gasteiger partial charge in [-0.15, -0.1) is 0 Å². The average molecular weight is 454 g/mol. The Morgan fingerprint density at radius 2 is 1.91 bits per heavy atom. The van der Waals surface area contributed by atoms with Gasteiger partial charge in [0.05, 0.1) is 29.8 Å². The molecule has 1 amide bonds. The van der Waals surface area contributed by atoms with Crippen LogP contribution in [0.5, 0.6) is 5.75 Å². The summed E-state index contributed by atoms with van der Waals surface area (Å²) in [5, 5.41) is 8.86. The Hall–Kier alpha value is -3.74. The predicted octanol–water partition coefficient (Wildman–Crippen LogP) is 4.89. The lowest BCUT2D eigenvalue weighted by molar-refractivity contribution is 0.0933. The molecule has 0 radical (unpaired) electrons. The van der Waals surface area contributed by atoms with Gasteiger partial charge in [0.15, 0.2) is 11.5 Å². The number of aryl methyl sites for hydroxylation is 1. The van der Waals surface area contributed by atoms with Crippen molar-refractivity contribution in [2.75, 3.05) is 7.11 Å². The molecule has 1 N–H and O–H groups in total. The lowest BCUT2D eigenvalue weighted by Gasteiger charge is -2.20. The highest BCUT2D eigenvalue weighted by Gasteiger charge is 2.35. The van der Waals surface area contributed by atoms with Gasteiger partial charge in [-0.3, -0.25) is 4.79 Å². The van der Waals surface area contributed by atoms with E-state index in [-0.39, 0.29) is 11.9 Å². The number of pyridine rings is 2. The van der Waals surface area contributed by atoms with E-state index in [9.17, 15) is 4.79 Å². The molecule has 0 spiro atoms. The zero-order valence-corrected chi connectivity index (χ0v) is 19.4. The Morgan fingerprint density at radius 3 is 2.56 bits per heavy atom. The van der Waals surface area contributed by atoms with Gasteiger partial charge in [0.25, 0.3) is 5.91 Å². The second-order valence-electron chi connectivity index (χ2n) is 9.31. The van der Waals surface area contributed by atoms with Gasteiger partial charge in [0, 0.05) is 17.8 Å². The molecule has 2 aliphatic rings. The number of nitrogens with zero attached hydrogens (tertiary/aromatic N) is 4. The Labute approximate surface area is 198 Å². The summed E-state index contributed by atoms with van der Waals surface area (Å²) in [6.07, 6.45) is 6.19. The predicted molar refractivity (Wildman–Crippen MR) is 129 cm³/mol. The van der Waals surface area contributed by atoms with Gasteiger partial charge in [-0.2, -0.15) is 9.78 Å². The van der Waals surface area contributed by atoms with E-state index in [1.165, 1.54) is 0 Å². The summed E-state index contributed by atoms with van der Waals surface area (Å²) in [5.74, 6) is 2.29. The zero-order chi connectivity index (χ0) is 23.2. The molecule has 2 aliphatic carbocycles. The summed E-state index contributed by atoms with van der Waals surface area (Å²) in [4.78, 5) is 23.2. The lowest BCUT2D eigenvalue weighted by Crippen LogP contribution is -2.30. The third-order valence-electron chi connectivity index (χ3n) is 6.79. The molecule has 1 atom stereocenters. The molecule has 0 saturated heterocycles. The van der Waals surface area contributed by atoms with Gasteiger partial charge in [-0.1, -0.05) is 18.2 Å². The van der Waals surface area contributed by atoms with Crippen molar-refractivity contribution in [2.45, 2.75) is 44.6 Å². The van der Waals surface area contributed by atoms with Crippen LogP contribution in [0.2, 0.25) is 0 Å². The molecule has 7 heteroatoms. The highest BCUT2D eigenvalue weighted by atomic mass is 16.5. The van der Waals surface area contributed by atoms with Crippen LogP contribution in [-0.2, 0) is 0 Å². The van der Waals surface area contributed by atoms with Crippen molar-refractivity contribution >= 4 is 16.9 Å². The van der Waals surface area contributed by atoms with Crippen LogP contribution in [0.4, 0.5) is 0 Å². The molecule has 6 rings (SSSR count). The van der Waals surface area contributed by atoms with Gasteiger partial charge >= 0.3 is 0 Å². The number of carbonyl (C=O) groups is 1. The maximum atomic E-state index is 13.8. The molecule has 2 fully saturated rings. The van der Waals surface area contributed by atoms with E-state index in [4.69, 9.17) is 14.8 Å². The monoisotopic (exact) mass is 453 g/mol. The number of ether oxygens (including phenoxy) is 1. The first kappa shape index (κ1) is 20.8. The second kappa shape index (κ2) is 8.24. The summed E-state index contributed by atoms with van der Waals surface area (Å²) in [5.41, 5.74) is 4.17. The Morgan fingerprint density at radius 1 is 1.12 bits per heavy atom. The highest BCUT2D eigenvalue weighted by molar-refractivity contribution is 6.07. The molecule has 4 aromatic rings. The molecule has 1 unspecified atom stereocenters. The van der Waals surface area contributed by atoms with Crippen LogP contribution in [0.1, 0.15) is 65.0 Å². The molecule has 2 saturated carbocycles. The van der Waals surface area contributed by atoms with Gasteiger partial charge in [0.1, 0.15) is 5.75 Å². The molecule has 3 heterocycles. The van der Waals surface area contributed by atoms with Gasteiger partial charge < -0.3 is 10.1 Å². The van der Waals surface area contributed by atoms with Crippen LogP contribution in [0.15, 0.2) is 54.7 Å². The summed E-state index contributed by atoms with van der Waals surface area (Å²) >= 11 is 0. The molecule has 0 bridgehead atoms. The number of hydrogen-bond donors (Lipinski definition) is 1. The van der Waals surface area contributed by atoms with E-state index in [1.807, 2.05) is 55.5 Å². The molecule has 7 nitrogen and oxygen atoms in total. The van der Waals surface area contributed by atoms with Crippen LogP contribution in [0.3, 0.4) is 0 Å². The largest absolute Gasteiger partial charge is 0.497 e. The molecule has 1 aromatic carbocycles. The van der Waals surface area contributed by atoms with Crippen LogP contribution < -0.4 is 10.1 Å². The number of nitrogens with one attached hydrogen (secondary N) is 1. The normalized spacial score (nSPS) is 16.4. The molecule has 3 aromatic heterocycles. The summed E-state index contributed by atoms with van der Waals surface area (Å²) in [7, 11) is 1.66. The topological polar surface area (TPSA) is 81.9 Å². The third-order valence-corrected chi connectivity index (χ3v) is 6.79. The zero-order valence-electron chi connectivity index (χ0n) is 19.4. The van der Waals surface area contributed by atoms with Crippen LogP contribution >= 0.6 is 0 Å². The van der Waals surface area contributed by atoms with Gasteiger partial charge in [0.2, 0.25) is 0 Å². The van der Waals surface area contributed by atoms with Crippen molar-refractivity contribution in [3.63, 3.8) is 0 Å². The second-order valence-corrected chi connectivity index (χ2v) is 9.31. The van der Waals surface area contributed by atoms with Gasteiger partial charge in [-0.25, -0.2) is 9.97 Å². The molecular formula is C27H27N5O2. The number of aromatic nitrogens is 4. The number of benzene rings is 1. The summed E-state index contributed by atoms with van der Waals surface area (Å²) < 4.78 is 7.07. The quantitative estimate of drug-likeness (QED) is 0.431. The number of fused-ring (bicyclic) bond motifs is 1. The van der Waals surface area contributed by atoms with E-state index >= 15 is 0 Å². The van der Waals surface area contributed by atoms with Crippen molar-refractivity contribution in [1.82, 2.24) is 25.1 Å². The minimum Gasteiger partial charge on any atom is -0.497 e. The smallest absolute Gasteiger partial charge is 0.252 e. The fraction of sp³-hybridized carbons (Fsp3) is 0.333. The van der Waals surface area contributed by atoms with Crippen molar-refractivity contribution in [2.24, 2.45) is 5.92 Å². The minimum atomic E-state index is -0.0781. The summed E-state index contributed by atoms with van der Waals surface area (Å²) in [6, 6.07) is 15.7. The SMILES string of the molecule is COc1ccc(C(NC(=O)c2cc(C3CC3)nc3c2c(C)nn3-c2ccccn2)C2CC2)cc1. The fourth-order valence-electron chi connectivity index (χ4n) is 4.65. The van der Waals surface area contributed by atoms with Gasteiger partial charge in [-0.05, 0) is 74.4 Å². The number of carbonyl (C=O) groups excluding carboxylic acids is 1. The molecular weight excluding hydrogens is 426 g/mol. The van der Waals surface area contributed by atoms with Crippen LogP contribution in [0, 0.1) is 12.8 Å². The number of amides is 1. The number of hydrogen-bond acceptors (Lipinski definition) is 5. The minimum absolute atomic E-state index is 0.0304. The highest BCUT2D eigenvalue weighted by Crippen LogP contribution is 2.43. The first-order valence-electron chi connectivity index (χ1n) is 11.9. The fourth-order valence-corrected chi connectivity index (χ4v) is 4.65. The third kappa shape index (κ3) is 3.81. The van der Waals surface area contributed by atoms with Crippen molar-refractivity contribution < 1.29 is 9.53 Å². The number of methoxy groups -OCH3 is 1. The van der Waals surface area contributed by atoms with Crippen molar-refractivity contribution in [3.8, 4) is 11.6 Å². The maximum absolute atomic E-state index is 13.8. The molecule has 172 valence electrons. The Bertz CT molecular complexity index is 1360. The standard InChI is InChI=1S/C27H27N5O2/c1-16-24-21(27(33)30-25(18-8-9-18)19-10-12-20(34-2)13-11-19)15-22(17-6-7-17)29-26(24)32(31-16)23-5-3-4-14-28-23/h3-5,10-15,17-18,25H,6-9H2,1-2H3,(H,30,33). The van der Waals surface area contributed by atoms with Crippen molar-refractivity contribution in [1.29, 1.82) is 0 Å². The lowest BCUT2D eigenvalue weighted by atomic mass is 10.0. The van der Waals surface area contributed by atoms with Crippen LogP contribution in [-0.4, -0.2) is 32.8 Å². The Kier molecular flexibility index (Phi) is 5.05.